The normalized spacial score (nSPS) is 11.2. The Bertz CT molecular complexity index is 919. The highest BCUT2D eigenvalue weighted by atomic mass is 32.1. The summed E-state index contributed by atoms with van der Waals surface area (Å²) in [6, 6.07) is 12.9. The van der Waals surface area contributed by atoms with E-state index in [1.54, 1.807) is 0 Å². The topological polar surface area (TPSA) is 17.0 Å². The highest BCUT2D eigenvalue weighted by Crippen LogP contribution is 2.27. The van der Waals surface area contributed by atoms with Gasteiger partial charge in [0, 0.05) is 35.4 Å². The van der Waals surface area contributed by atoms with Crippen LogP contribution in [-0.2, 0) is 7.05 Å². The number of anilines is 1. The van der Waals surface area contributed by atoms with Crippen molar-refractivity contribution in [1.29, 1.82) is 0 Å². The van der Waals surface area contributed by atoms with Crippen LogP contribution < -0.4 is 5.32 Å². The van der Waals surface area contributed by atoms with Gasteiger partial charge in [0.15, 0.2) is 0 Å². The van der Waals surface area contributed by atoms with E-state index in [1.807, 2.05) is 0 Å². The second-order valence-corrected chi connectivity index (χ2v) is 7.26. The Morgan fingerprint density at radius 2 is 1.83 bits per heavy atom. The molecular formula is C21H24N2S. The van der Waals surface area contributed by atoms with Gasteiger partial charge in [-0.05, 0) is 61.2 Å². The molecule has 3 rings (SSSR count). The number of nitrogens with zero attached hydrogens (tertiary/aromatic N) is 1. The minimum absolute atomic E-state index is 0.442. The lowest BCUT2D eigenvalue weighted by atomic mass is 9.91. The molecule has 0 fully saturated rings. The standard InChI is InChI=1S/C21H24N2S/c1-13(2)20-15(4)10-14(3)11-18(20)21(24)22-17-6-7-19-16(12-17)8-9-23(19)5/h6-13H,1-5H3,(H,22,24). The Kier molecular flexibility index (Phi) is 4.46. The summed E-state index contributed by atoms with van der Waals surface area (Å²) in [4.78, 5) is 0.792. The summed E-state index contributed by atoms with van der Waals surface area (Å²) in [5.74, 6) is 0.442. The molecule has 1 aromatic heterocycles. The van der Waals surface area contributed by atoms with Gasteiger partial charge in [-0.15, -0.1) is 0 Å². The summed E-state index contributed by atoms with van der Waals surface area (Å²) in [6.45, 7) is 8.74. The lowest BCUT2D eigenvalue weighted by Gasteiger charge is -2.19. The summed E-state index contributed by atoms with van der Waals surface area (Å²) in [5, 5.41) is 4.65. The molecule has 3 aromatic rings. The van der Waals surface area contributed by atoms with Gasteiger partial charge in [-0.1, -0.05) is 37.7 Å². The van der Waals surface area contributed by atoms with Crippen LogP contribution in [-0.4, -0.2) is 9.56 Å². The van der Waals surface area contributed by atoms with Gasteiger partial charge in [0.05, 0.1) is 0 Å². The molecule has 0 radical (unpaired) electrons. The van der Waals surface area contributed by atoms with Gasteiger partial charge >= 0.3 is 0 Å². The van der Waals surface area contributed by atoms with E-state index >= 15 is 0 Å². The van der Waals surface area contributed by atoms with Gasteiger partial charge in [0.25, 0.3) is 0 Å². The third-order valence-electron chi connectivity index (χ3n) is 4.50. The van der Waals surface area contributed by atoms with Crippen molar-refractivity contribution in [3.8, 4) is 0 Å². The molecule has 0 unspecified atom stereocenters. The first-order valence-electron chi connectivity index (χ1n) is 8.34. The largest absolute Gasteiger partial charge is 0.351 e. The summed E-state index contributed by atoms with van der Waals surface area (Å²) in [7, 11) is 2.06. The van der Waals surface area contributed by atoms with Crippen molar-refractivity contribution >= 4 is 33.8 Å². The zero-order valence-corrected chi connectivity index (χ0v) is 15.8. The fourth-order valence-corrected chi connectivity index (χ4v) is 3.78. The number of rotatable bonds is 3. The fourth-order valence-electron chi connectivity index (χ4n) is 3.49. The molecule has 3 heteroatoms. The molecule has 24 heavy (non-hydrogen) atoms. The fraction of sp³-hybridized carbons (Fsp3) is 0.286. The zero-order valence-electron chi connectivity index (χ0n) is 15.0. The van der Waals surface area contributed by atoms with Crippen molar-refractivity contribution in [2.24, 2.45) is 7.05 Å². The molecular weight excluding hydrogens is 312 g/mol. The molecule has 2 nitrogen and oxygen atoms in total. The molecule has 1 heterocycles. The van der Waals surface area contributed by atoms with Crippen LogP contribution in [0.25, 0.3) is 10.9 Å². The quantitative estimate of drug-likeness (QED) is 0.617. The first-order chi connectivity index (χ1) is 11.4. The van der Waals surface area contributed by atoms with Crippen molar-refractivity contribution in [2.75, 3.05) is 5.32 Å². The highest BCUT2D eigenvalue weighted by molar-refractivity contribution is 7.81. The van der Waals surface area contributed by atoms with Gasteiger partial charge in [-0.2, -0.15) is 0 Å². The summed E-state index contributed by atoms with van der Waals surface area (Å²) in [6.07, 6.45) is 2.08. The van der Waals surface area contributed by atoms with E-state index in [-0.39, 0.29) is 0 Å². The maximum Gasteiger partial charge on any atom is 0.111 e. The van der Waals surface area contributed by atoms with E-state index in [0.29, 0.717) is 5.92 Å². The van der Waals surface area contributed by atoms with Crippen molar-refractivity contribution < 1.29 is 0 Å². The molecule has 1 N–H and O–H groups in total. The highest BCUT2D eigenvalue weighted by Gasteiger charge is 2.14. The monoisotopic (exact) mass is 336 g/mol. The van der Waals surface area contributed by atoms with E-state index in [4.69, 9.17) is 12.2 Å². The van der Waals surface area contributed by atoms with Crippen molar-refractivity contribution in [3.05, 3.63) is 64.8 Å². The van der Waals surface area contributed by atoms with Gasteiger partial charge in [-0.3, -0.25) is 0 Å². The van der Waals surface area contributed by atoms with E-state index in [9.17, 15) is 0 Å². The van der Waals surface area contributed by atoms with Gasteiger partial charge in [0.1, 0.15) is 4.99 Å². The van der Waals surface area contributed by atoms with Crippen LogP contribution >= 0.6 is 12.2 Å². The Morgan fingerprint density at radius 3 is 2.54 bits per heavy atom. The van der Waals surface area contributed by atoms with Crippen LogP contribution in [0.4, 0.5) is 5.69 Å². The van der Waals surface area contributed by atoms with Gasteiger partial charge in [-0.25, -0.2) is 0 Å². The van der Waals surface area contributed by atoms with E-state index in [1.165, 1.54) is 27.6 Å². The average molecular weight is 337 g/mol. The van der Waals surface area contributed by atoms with Crippen LogP contribution in [0.3, 0.4) is 0 Å². The lowest BCUT2D eigenvalue weighted by Crippen LogP contribution is -2.15. The van der Waals surface area contributed by atoms with Crippen molar-refractivity contribution in [2.45, 2.75) is 33.6 Å². The van der Waals surface area contributed by atoms with Crippen LogP contribution in [0.1, 0.15) is 42.0 Å². The molecule has 124 valence electrons. The van der Waals surface area contributed by atoms with E-state index in [0.717, 1.165) is 16.2 Å². The number of aryl methyl sites for hydroxylation is 3. The third-order valence-corrected chi connectivity index (χ3v) is 4.82. The van der Waals surface area contributed by atoms with Gasteiger partial charge < -0.3 is 9.88 Å². The predicted octanol–water partition coefficient (Wildman–Crippen LogP) is 5.71. The maximum atomic E-state index is 5.74. The number of hydrogen-bond acceptors (Lipinski definition) is 1. The molecule has 0 spiro atoms. The van der Waals surface area contributed by atoms with Crippen LogP contribution in [0.15, 0.2) is 42.6 Å². The molecule has 0 saturated carbocycles. The van der Waals surface area contributed by atoms with E-state index in [2.05, 4.69) is 87.2 Å². The number of thiocarbonyl (C=S) groups is 1. The second kappa shape index (κ2) is 6.40. The Balaban J connectivity index is 1.96. The van der Waals surface area contributed by atoms with Gasteiger partial charge in [0.2, 0.25) is 0 Å². The second-order valence-electron chi connectivity index (χ2n) is 6.85. The maximum absolute atomic E-state index is 5.74. The molecule has 0 atom stereocenters. The molecule has 0 bridgehead atoms. The average Bonchev–Trinajstić information content (AvgIpc) is 2.86. The first kappa shape index (κ1) is 16.7. The molecule has 0 aliphatic heterocycles. The smallest absolute Gasteiger partial charge is 0.111 e. The Labute approximate surface area is 149 Å². The Hall–Kier alpha value is -2.13. The first-order valence-corrected chi connectivity index (χ1v) is 8.75. The van der Waals surface area contributed by atoms with Crippen LogP contribution in [0.2, 0.25) is 0 Å². The number of benzene rings is 2. The van der Waals surface area contributed by atoms with E-state index < -0.39 is 0 Å². The third kappa shape index (κ3) is 3.09. The number of aromatic nitrogens is 1. The number of fused-ring (bicyclic) bond motifs is 1. The van der Waals surface area contributed by atoms with Crippen LogP contribution in [0.5, 0.6) is 0 Å². The molecule has 0 aliphatic rings. The van der Waals surface area contributed by atoms with Crippen LogP contribution in [0, 0.1) is 13.8 Å². The molecule has 0 saturated heterocycles. The minimum Gasteiger partial charge on any atom is -0.351 e. The SMILES string of the molecule is Cc1cc(C)c(C(C)C)c(C(=S)Nc2ccc3c(ccn3C)c2)c1. The molecule has 2 aromatic carbocycles. The number of nitrogens with one attached hydrogen (secondary N) is 1. The predicted molar refractivity (Wildman–Crippen MR) is 108 cm³/mol. The van der Waals surface area contributed by atoms with Crippen molar-refractivity contribution in [1.82, 2.24) is 4.57 Å². The number of hydrogen-bond donors (Lipinski definition) is 1. The summed E-state index contributed by atoms with van der Waals surface area (Å²) >= 11 is 5.74. The zero-order chi connectivity index (χ0) is 17.4. The Morgan fingerprint density at radius 1 is 1.08 bits per heavy atom. The minimum atomic E-state index is 0.442. The molecule has 0 amide bonds. The molecule has 0 aliphatic carbocycles. The lowest BCUT2D eigenvalue weighted by molar-refractivity contribution is 0.853. The van der Waals surface area contributed by atoms with Crippen molar-refractivity contribution in [3.63, 3.8) is 0 Å². The summed E-state index contributed by atoms with van der Waals surface area (Å²) in [5.41, 5.74) is 7.29. The summed E-state index contributed by atoms with van der Waals surface area (Å²) < 4.78 is 2.12.